The monoisotopic (exact) mass is 287 g/mol. The van der Waals surface area contributed by atoms with Gasteiger partial charge in [0.05, 0.1) is 19.4 Å². The van der Waals surface area contributed by atoms with Crippen molar-refractivity contribution in [3.8, 4) is 0 Å². The Bertz CT molecular complexity index is 409. The molecule has 0 bridgehead atoms. The minimum atomic E-state index is -0.333. The largest absolute Gasteiger partial charge is 0.465 e. The van der Waals surface area contributed by atoms with Crippen LogP contribution in [0.5, 0.6) is 0 Å². The highest BCUT2D eigenvalue weighted by Gasteiger charge is 2.15. The van der Waals surface area contributed by atoms with Crippen molar-refractivity contribution < 1.29 is 14.3 Å². The molecule has 0 spiro atoms. The molecular formula is C12H21N3O3S. The molecule has 1 aromatic rings. The highest BCUT2D eigenvalue weighted by atomic mass is 32.1. The third-order valence-electron chi connectivity index (χ3n) is 2.61. The fourth-order valence-electron chi connectivity index (χ4n) is 1.47. The standard InChI is InChI=1S/C12H21N3O3S/c1-9-10(11(16)18-4)19-12(14-9)13-5-6-15(2)7-8-17-3/h5-8H2,1-4H3,(H,13,14). The summed E-state index contributed by atoms with van der Waals surface area (Å²) in [7, 11) is 5.10. The van der Waals surface area contributed by atoms with Gasteiger partial charge in [0.25, 0.3) is 0 Å². The maximum atomic E-state index is 11.4. The first-order chi connectivity index (χ1) is 9.08. The number of thiazole rings is 1. The molecule has 19 heavy (non-hydrogen) atoms. The molecule has 0 atom stereocenters. The van der Waals surface area contributed by atoms with Gasteiger partial charge < -0.3 is 19.7 Å². The molecule has 0 unspecified atom stereocenters. The lowest BCUT2D eigenvalue weighted by molar-refractivity contribution is 0.0605. The molecule has 0 saturated carbocycles. The predicted octanol–water partition coefficient (Wildman–Crippen LogP) is 1.23. The highest BCUT2D eigenvalue weighted by Crippen LogP contribution is 2.22. The molecule has 1 rings (SSSR count). The zero-order chi connectivity index (χ0) is 14.3. The molecule has 0 amide bonds. The summed E-state index contributed by atoms with van der Waals surface area (Å²) in [6.45, 7) is 5.07. The van der Waals surface area contributed by atoms with Crippen LogP contribution in [0.1, 0.15) is 15.4 Å². The van der Waals surface area contributed by atoms with E-state index in [4.69, 9.17) is 9.47 Å². The summed E-state index contributed by atoms with van der Waals surface area (Å²) < 4.78 is 9.71. The van der Waals surface area contributed by atoms with E-state index in [0.717, 1.165) is 31.4 Å². The molecule has 1 N–H and O–H groups in total. The highest BCUT2D eigenvalue weighted by molar-refractivity contribution is 7.17. The number of hydrogen-bond acceptors (Lipinski definition) is 7. The predicted molar refractivity (Wildman–Crippen MR) is 76.1 cm³/mol. The fourth-order valence-corrected chi connectivity index (χ4v) is 2.38. The van der Waals surface area contributed by atoms with Gasteiger partial charge in [0.1, 0.15) is 4.88 Å². The van der Waals surface area contributed by atoms with Gasteiger partial charge in [0, 0.05) is 26.7 Å². The number of carbonyl (C=O) groups excluding carboxylic acids is 1. The van der Waals surface area contributed by atoms with Crippen molar-refractivity contribution in [2.45, 2.75) is 6.92 Å². The quantitative estimate of drug-likeness (QED) is 0.726. The minimum Gasteiger partial charge on any atom is -0.465 e. The number of carbonyl (C=O) groups is 1. The Kier molecular flexibility index (Phi) is 6.75. The van der Waals surface area contributed by atoms with Gasteiger partial charge in [-0.3, -0.25) is 0 Å². The first-order valence-electron chi connectivity index (χ1n) is 6.05. The summed E-state index contributed by atoms with van der Waals surface area (Å²) in [6, 6.07) is 0. The third-order valence-corrected chi connectivity index (χ3v) is 3.71. The number of anilines is 1. The van der Waals surface area contributed by atoms with Crippen LogP contribution in [-0.4, -0.2) is 63.4 Å². The number of aryl methyl sites for hydroxylation is 1. The minimum absolute atomic E-state index is 0.333. The van der Waals surface area contributed by atoms with Crippen molar-refractivity contribution in [2.75, 3.05) is 52.8 Å². The van der Waals surface area contributed by atoms with Crippen molar-refractivity contribution in [1.29, 1.82) is 0 Å². The smallest absolute Gasteiger partial charge is 0.350 e. The van der Waals surface area contributed by atoms with E-state index in [0.29, 0.717) is 10.6 Å². The van der Waals surface area contributed by atoms with E-state index in [1.165, 1.54) is 18.4 Å². The topological polar surface area (TPSA) is 63.7 Å². The number of nitrogens with one attached hydrogen (secondary N) is 1. The molecule has 1 heterocycles. The van der Waals surface area contributed by atoms with Crippen LogP contribution in [0.3, 0.4) is 0 Å². The molecule has 0 aromatic carbocycles. The number of esters is 1. The average Bonchev–Trinajstić information content (AvgIpc) is 2.76. The number of nitrogens with zero attached hydrogens (tertiary/aromatic N) is 2. The van der Waals surface area contributed by atoms with E-state index in [-0.39, 0.29) is 5.97 Å². The molecular weight excluding hydrogens is 266 g/mol. The van der Waals surface area contributed by atoms with Crippen LogP contribution in [0, 0.1) is 6.92 Å². The van der Waals surface area contributed by atoms with Crippen molar-refractivity contribution >= 4 is 22.4 Å². The van der Waals surface area contributed by atoms with Crippen molar-refractivity contribution in [1.82, 2.24) is 9.88 Å². The number of methoxy groups -OCH3 is 2. The summed E-state index contributed by atoms with van der Waals surface area (Å²) >= 11 is 1.32. The molecule has 7 heteroatoms. The Balaban J connectivity index is 2.40. The van der Waals surface area contributed by atoms with Gasteiger partial charge in [-0.15, -0.1) is 0 Å². The lowest BCUT2D eigenvalue weighted by Gasteiger charge is -2.15. The van der Waals surface area contributed by atoms with Crippen LogP contribution in [0.4, 0.5) is 5.13 Å². The average molecular weight is 287 g/mol. The van der Waals surface area contributed by atoms with Crippen molar-refractivity contribution in [3.05, 3.63) is 10.6 Å². The fraction of sp³-hybridized carbons (Fsp3) is 0.667. The number of aromatic nitrogens is 1. The second kappa shape index (κ2) is 8.08. The SMILES string of the molecule is COCCN(C)CCNc1nc(C)c(C(=O)OC)s1. The Labute approximate surface area is 117 Å². The maximum Gasteiger partial charge on any atom is 0.350 e. The number of likely N-dealkylation sites (N-methyl/N-ethyl adjacent to an activating group) is 1. The molecule has 108 valence electrons. The van der Waals surface area contributed by atoms with Crippen LogP contribution in [0.25, 0.3) is 0 Å². The van der Waals surface area contributed by atoms with Crippen LogP contribution in [0.2, 0.25) is 0 Å². The van der Waals surface area contributed by atoms with E-state index in [1.807, 2.05) is 7.05 Å². The van der Waals surface area contributed by atoms with Crippen LogP contribution >= 0.6 is 11.3 Å². The molecule has 1 aromatic heterocycles. The van der Waals surface area contributed by atoms with Gasteiger partial charge in [-0.25, -0.2) is 9.78 Å². The summed E-state index contributed by atoms with van der Waals surface area (Å²) in [6.07, 6.45) is 0. The summed E-state index contributed by atoms with van der Waals surface area (Å²) in [4.78, 5) is 18.5. The Morgan fingerprint density at radius 1 is 1.42 bits per heavy atom. The summed E-state index contributed by atoms with van der Waals surface area (Å²) in [5.74, 6) is -0.333. The molecule has 0 aliphatic rings. The Morgan fingerprint density at radius 2 is 2.16 bits per heavy atom. The van der Waals surface area contributed by atoms with Gasteiger partial charge in [0.15, 0.2) is 5.13 Å². The van der Waals surface area contributed by atoms with Gasteiger partial charge in [0.2, 0.25) is 0 Å². The second-order valence-electron chi connectivity index (χ2n) is 4.15. The van der Waals surface area contributed by atoms with E-state index in [1.54, 1.807) is 14.0 Å². The van der Waals surface area contributed by atoms with Gasteiger partial charge in [-0.1, -0.05) is 11.3 Å². The van der Waals surface area contributed by atoms with E-state index >= 15 is 0 Å². The lowest BCUT2D eigenvalue weighted by atomic mass is 10.4. The molecule has 0 radical (unpaired) electrons. The molecule has 0 aliphatic heterocycles. The lowest BCUT2D eigenvalue weighted by Crippen LogP contribution is -2.28. The number of rotatable bonds is 8. The normalized spacial score (nSPS) is 10.8. The van der Waals surface area contributed by atoms with Crippen LogP contribution in [-0.2, 0) is 9.47 Å². The number of ether oxygens (including phenoxy) is 2. The van der Waals surface area contributed by atoms with Crippen molar-refractivity contribution in [3.63, 3.8) is 0 Å². The maximum absolute atomic E-state index is 11.4. The van der Waals surface area contributed by atoms with Gasteiger partial charge in [-0.05, 0) is 14.0 Å². The zero-order valence-electron chi connectivity index (χ0n) is 11.9. The van der Waals surface area contributed by atoms with E-state index in [9.17, 15) is 4.79 Å². The van der Waals surface area contributed by atoms with E-state index < -0.39 is 0 Å². The first kappa shape index (κ1) is 15.9. The molecule has 0 aliphatic carbocycles. The van der Waals surface area contributed by atoms with Crippen LogP contribution < -0.4 is 5.32 Å². The van der Waals surface area contributed by atoms with Gasteiger partial charge >= 0.3 is 5.97 Å². The van der Waals surface area contributed by atoms with Gasteiger partial charge in [-0.2, -0.15) is 0 Å². The first-order valence-corrected chi connectivity index (χ1v) is 6.87. The number of hydrogen-bond donors (Lipinski definition) is 1. The molecule has 6 nitrogen and oxygen atoms in total. The molecule has 0 saturated heterocycles. The van der Waals surface area contributed by atoms with Crippen molar-refractivity contribution in [2.24, 2.45) is 0 Å². The second-order valence-corrected chi connectivity index (χ2v) is 5.15. The van der Waals surface area contributed by atoms with E-state index in [2.05, 4.69) is 15.2 Å². The Morgan fingerprint density at radius 3 is 2.79 bits per heavy atom. The summed E-state index contributed by atoms with van der Waals surface area (Å²) in [5, 5.41) is 3.96. The zero-order valence-corrected chi connectivity index (χ0v) is 12.7. The van der Waals surface area contributed by atoms with Crippen LogP contribution in [0.15, 0.2) is 0 Å². The molecule has 0 fully saturated rings. The third kappa shape index (κ3) is 5.14. The summed E-state index contributed by atoms with van der Waals surface area (Å²) in [5.41, 5.74) is 0.701. The Hall–Kier alpha value is -1.18.